The minimum atomic E-state index is -0.971. The largest absolute Gasteiger partial charge is 0.481 e. The number of para-hydroxylation sites is 2. The molecule has 2 aromatic heterocycles. The number of nitrogens with one attached hydrogen (secondary N) is 1. The van der Waals surface area contributed by atoms with Crippen LogP contribution >= 0.6 is 0 Å². The number of aliphatic carboxylic acids is 1. The molecule has 4 rings (SSSR count). The van der Waals surface area contributed by atoms with Gasteiger partial charge in [-0.15, -0.1) is 0 Å². The maximum Gasteiger partial charge on any atom is 0.303 e. The highest BCUT2D eigenvalue weighted by Gasteiger charge is 2.20. The summed E-state index contributed by atoms with van der Waals surface area (Å²) in [6.07, 6.45) is 4.00. The monoisotopic (exact) mass is 396 g/mol. The first kappa shape index (κ1) is 18.6. The third kappa shape index (κ3) is 3.93. The van der Waals surface area contributed by atoms with Crippen molar-refractivity contribution in [3.8, 4) is 11.5 Å². The summed E-state index contributed by atoms with van der Waals surface area (Å²) in [4.78, 5) is 41.1. The summed E-state index contributed by atoms with van der Waals surface area (Å²) < 4.78 is 0. The fraction of sp³-hybridized carbons (Fsp3) is 0.250. The molecule has 1 aliphatic heterocycles. The highest BCUT2D eigenvalue weighted by Crippen LogP contribution is 2.27. The number of amides is 1. The van der Waals surface area contributed by atoms with Crippen LogP contribution in [-0.4, -0.2) is 54.9 Å². The number of nitrogen functional groups attached to an aromatic ring is 1. The van der Waals surface area contributed by atoms with Crippen LogP contribution in [0.25, 0.3) is 28.1 Å². The van der Waals surface area contributed by atoms with Crippen LogP contribution in [0.1, 0.15) is 27.8 Å². The number of aromatic nitrogens is 4. The van der Waals surface area contributed by atoms with Gasteiger partial charge in [0, 0.05) is 22.4 Å². The van der Waals surface area contributed by atoms with Gasteiger partial charge in [0.25, 0.3) is 0 Å². The van der Waals surface area contributed by atoms with Crippen molar-refractivity contribution in [1.29, 1.82) is 0 Å². The topological polar surface area (TPSA) is 138 Å². The molecule has 9 nitrogen and oxygen atoms in total. The number of carboxylic acid groups (broad SMARTS) is 1. The van der Waals surface area contributed by atoms with E-state index in [0.29, 0.717) is 36.7 Å². The molecule has 0 saturated carbocycles. The van der Waals surface area contributed by atoms with Crippen LogP contribution in [0.3, 0.4) is 0 Å². The minimum Gasteiger partial charge on any atom is -0.481 e. The second-order valence-electron chi connectivity index (χ2n) is 6.80. The predicted octanol–water partition coefficient (Wildman–Crippen LogP) is 2.57. The third-order valence-corrected chi connectivity index (χ3v) is 4.86. The lowest BCUT2D eigenvalue weighted by Gasteiger charge is -2.26. The van der Waals surface area contributed by atoms with E-state index in [-0.39, 0.29) is 27.4 Å². The Kier molecular flexibility index (Phi) is 4.94. The molecule has 4 N–H and O–H groups in total. The summed E-state index contributed by atoms with van der Waals surface area (Å²) >= 11 is 0. The van der Waals surface area contributed by atoms with Crippen LogP contribution in [0.4, 0.5) is 5.82 Å². The van der Waals surface area contributed by atoms with Crippen molar-refractivity contribution in [3.63, 3.8) is 0 Å². The van der Waals surface area contributed by atoms with Gasteiger partial charge in [-0.1, -0.05) is 18.2 Å². The number of nitrogens with zero attached hydrogens (tertiary/aromatic N) is 4. The second-order valence-corrected chi connectivity index (χ2v) is 6.80. The summed E-state index contributed by atoms with van der Waals surface area (Å²) in [6.45, 7) is 0.927. The smallest absolute Gasteiger partial charge is 0.303 e. The van der Waals surface area contributed by atoms with E-state index in [9.17, 15) is 9.59 Å². The molecule has 3 heterocycles. The SMILES string of the molecule is Nc1ncc(C2=CCN(C(=O)CCC(=O)O)CC2)nc1-c1nc2ccccc2[nH]1.[HH].[HH]. The zero-order chi connectivity index (χ0) is 20.4. The normalized spacial score (nSPS) is 14.1. The van der Waals surface area contributed by atoms with Crippen molar-refractivity contribution in [2.75, 3.05) is 18.8 Å². The summed E-state index contributed by atoms with van der Waals surface area (Å²) in [5.74, 6) is -0.287. The molecule has 29 heavy (non-hydrogen) atoms. The number of hydrogen-bond acceptors (Lipinski definition) is 6. The van der Waals surface area contributed by atoms with Gasteiger partial charge in [0.15, 0.2) is 11.6 Å². The molecular formula is C20H24N6O3. The number of carbonyl (C=O) groups excluding carboxylic acids is 1. The molecule has 1 aliphatic rings. The third-order valence-electron chi connectivity index (χ3n) is 4.86. The van der Waals surface area contributed by atoms with Crippen LogP contribution < -0.4 is 5.73 Å². The van der Waals surface area contributed by atoms with Crippen molar-refractivity contribution < 1.29 is 17.5 Å². The Morgan fingerprint density at radius 3 is 2.79 bits per heavy atom. The maximum absolute atomic E-state index is 12.1. The molecule has 1 amide bonds. The molecule has 0 unspecified atom stereocenters. The zero-order valence-electron chi connectivity index (χ0n) is 15.6. The van der Waals surface area contributed by atoms with Gasteiger partial charge in [0.2, 0.25) is 5.91 Å². The van der Waals surface area contributed by atoms with Crippen molar-refractivity contribution in [2.24, 2.45) is 0 Å². The first-order valence-corrected chi connectivity index (χ1v) is 9.28. The number of carbonyl (C=O) groups is 2. The van der Waals surface area contributed by atoms with E-state index in [1.165, 1.54) is 0 Å². The molecule has 1 aromatic carbocycles. The summed E-state index contributed by atoms with van der Waals surface area (Å²) in [7, 11) is 0. The number of anilines is 1. The highest BCUT2D eigenvalue weighted by molar-refractivity contribution is 5.82. The van der Waals surface area contributed by atoms with E-state index in [2.05, 4.69) is 19.9 Å². The quantitative estimate of drug-likeness (QED) is 0.602. The molecule has 9 heteroatoms. The molecule has 0 radical (unpaired) electrons. The average molecular weight is 396 g/mol. The van der Waals surface area contributed by atoms with Crippen molar-refractivity contribution in [1.82, 2.24) is 24.8 Å². The van der Waals surface area contributed by atoms with E-state index < -0.39 is 5.97 Å². The lowest BCUT2D eigenvalue weighted by atomic mass is 10.0. The summed E-state index contributed by atoms with van der Waals surface area (Å²) in [5.41, 5.74) is 9.89. The highest BCUT2D eigenvalue weighted by atomic mass is 16.4. The standard InChI is InChI=1S/C20H20N6O3.2H2/c21-19-18(20-24-13-3-1-2-4-14(13)25-20)23-15(11-22-19)12-7-9-26(10-8-12)16(27)5-6-17(28)29;;/h1-4,7,11H,5-6,8-10H2,(H2,21,22)(H,24,25)(H,28,29);2*1H. The number of imidazole rings is 1. The maximum atomic E-state index is 12.1. The van der Waals surface area contributed by atoms with E-state index in [4.69, 9.17) is 10.8 Å². The number of benzene rings is 1. The number of aromatic amines is 1. The Labute approximate surface area is 169 Å². The van der Waals surface area contributed by atoms with Crippen LogP contribution in [0.5, 0.6) is 0 Å². The first-order valence-electron chi connectivity index (χ1n) is 9.28. The predicted molar refractivity (Wildman–Crippen MR) is 112 cm³/mol. The lowest BCUT2D eigenvalue weighted by molar-refractivity contribution is -0.140. The Balaban J connectivity index is 0.00000171. The number of rotatable bonds is 5. The zero-order valence-corrected chi connectivity index (χ0v) is 15.6. The average Bonchev–Trinajstić information content (AvgIpc) is 3.16. The molecule has 0 spiro atoms. The molecule has 0 saturated heterocycles. The van der Waals surface area contributed by atoms with Gasteiger partial charge < -0.3 is 20.7 Å². The van der Waals surface area contributed by atoms with Crippen molar-refractivity contribution in [2.45, 2.75) is 19.3 Å². The van der Waals surface area contributed by atoms with Gasteiger partial charge >= 0.3 is 5.97 Å². The molecular weight excluding hydrogens is 372 g/mol. The molecule has 0 aliphatic carbocycles. The molecule has 0 fully saturated rings. The van der Waals surface area contributed by atoms with E-state index >= 15 is 0 Å². The van der Waals surface area contributed by atoms with E-state index in [0.717, 1.165) is 16.6 Å². The minimum absolute atomic E-state index is 0. The van der Waals surface area contributed by atoms with Crippen LogP contribution in [-0.2, 0) is 9.59 Å². The van der Waals surface area contributed by atoms with Gasteiger partial charge in [-0.25, -0.2) is 15.0 Å². The Morgan fingerprint density at radius 1 is 1.24 bits per heavy atom. The van der Waals surface area contributed by atoms with Crippen LogP contribution in [0, 0.1) is 0 Å². The lowest BCUT2D eigenvalue weighted by Crippen LogP contribution is -2.34. The molecule has 3 aromatic rings. The van der Waals surface area contributed by atoms with E-state index in [1.807, 2.05) is 30.3 Å². The van der Waals surface area contributed by atoms with Crippen molar-refractivity contribution >= 4 is 34.3 Å². The van der Waals surface area contributed by atoms with Gasteiger partial charge in [0.1, 0.15) is 5.69 Å². The molecule has 0 atom stereocenters. The van der Waals surface area contributed by atoms with Crippen molar-refractivity contribution in [3.05, 3.63) is 42.2 Å². The number of H-pyrrole nitrogens is 1. The van der Waals surface area contributed by atoms with Gasteiger partial charge in [-0.3, -0.25) is 9.59 Å². The first-order chi connectivity index (χ1) is 14.0. The van der Waals surface area contributed by atoms with Crippen LogP contribution in [0.15, 0.2) is 36.5 Å². The Hall–Kier alpha value is -3.75. The van der Waals surface area contributed by atoms with Crippen LogP contribution in [0.2, 0.25) is 0 Å². The summed E-state index contributed by atoms with van der Waals surface area (Å²) in [5, 5.41) is 8.72. The van der Waals surface area contributed by atoms with Gasteiger partial charge in [0.05, 0.1) is 29.3 Å². The number of hydrogen-bond donors (Lipinski definition) is 3. The van der Waals surface area contributed by atoms with Gasteiger partial charge in [-0.05, 0) is 24.1 Å². The molecule has 152 valence electrons. The number of nitrogens with two attached hydrogens (primary N) is 1. The molecule has 0 bridgehead atoms. The number of carboxylic acids is 1. The fourth-order valence-electron chi connectivity index (χ4n) is 3.29. The fourth-order valence-corrected chi connectivity index (χ4v) is 3.29. The summed E-state index contributed by atoms with van der Waals surface area (Å²) in [6, 6.07) is 7.67. The Bertz CT molecular complexity index is 1100. The number of fused-ring (bicyclic) bond motifs is 1. The van der Waals surface area contributed by atoms with Gasteiger partial charge in [-0.2, -0.15) is 0 Å². The van der Waals surface area contributed by atoms with E-state index in [1.54, 1.807) is 11.1 Å². The second kappa shape index (κ2) is 7.70. The Morgan fingerprint density at radius 2 is 2.07 bits per heavy atom.